The molecule has 5 heterocycles. The number of aromatic amines is 1. The molecule has 10 heteroatoms. The van der Waals surface area contributed by atoms with Crippen LogP contribution in [-0.2, 0) is 37.5 Å². The molecule has 3 amide bonds. The van der Waals surface area contributed by atoms with E-state index in [0.717, 1.165) is 33.6 Å². The first-order chi connectivity index (χ1) is 19.9. The maximum atomic E-state index is 14.2. The Morgan fingerprint density at radius 1 is 1.20 bits per heavy atom. The van der Waals surface area contributed by atoms with E-state index in [1.807, 2.05) is 53.1 Å². The molecule has 3 atom stereocenters. The van der Waals surface area contributed by atoms with Crippen LogP contribution in [0.25, 0.3) is 10.9 Å². The van der Waals surface area contributed by atoms with Gasteiger partial charge in [0.1, 0.15) is 5.75 Å². The van der Waals surface area contributed by atoms with Crippen molar-refractivity contribution in [2.45, 2.75) is 38.1 Å². The van der Waals surface area contributed by atoms with Crippen LogP contribution in [0.2, 0.25) is 0 Å². The molecule has 0 aliphatic carbocycles. The second-order valence-corrected chi connectivity index (χ2v) is 11.3. The Morgan fingerprint density at radius 2 is 2.02 bits per heavy atom. The number of morpholine rings is 1. The van der Waals surface area contributed by atoms with Gasteiger partial charge in [-0.3, -0.25) is 19.4 Å². The fourth-order valence-corrected chi connectivity index (χ4v) is 6.86. The standard InChI is InChI=1S/C31H37N5O5/c1-31-25(30(39)35-13-15-41-16-14-35)17-20(18-27(37)33-11-8-21-5-3-4-10-32-21)29(38)36(31)12-9-23-24-19-22(40-2)6-7-26(24)34-28(23)31/h3-7,10,19-20,25,34H,8-9,11-18H2,1-2H3,(H,33,37)/t20?,25-,31+/m1/s1. The zero-order chi connectivity index (χ0) is 28.6. The Labute approximate surface area is 239 Å². The predicted octanol–water partition coefficient (Wildman–Crippen LogP) is 2.42. The molecule has 2 saturated heterocycles. The third-order valence-electron chi connectivity index (χ3n) is 9.06. The molecule has 6 rings (SSSR count). The first-order valence-electron chi connectivity index (χ1n) is 14.4. The molecule has 1 aromatic carbocycles. The molecule has 1 unspecified atom stereocenters. The minimum atomic E-state index is -0.863. The summed E-state index contributed by atoms with van der Waals surface area (Å²) in [4.78, 5) is 52.8. The summed E-state index contributed by atoms with van der Waals surface area (Å²) in [5.41, 5.74) is 3.02. The summed E-state index contributed by atoms with van der Waals surface area (Å²) in [6.45, 7) is 4.98. The lowest BCUT2D eigenvalue weighted by Gasteiger charge is -2.54. The summed E-state index contributed by atoms with van der Waals surface area (Å²) in [6.07, 6.45) is 3.37. The van der Waals surface area contributed by atoms with E-state index in [4.69, 9.17) is 9.47 Å². The van der Waals surface area contributed by atoms with Crippen molar-refractivity contribution in [2.75, 3.05) is 46.5 Å². The van der Waals surface area contributed by atoms with Gasteiger partial charge in [-0.2, -0.15) is 0 Å². The Hall–Kier alpha value is -3.92. The molecular formula is C31H37N5O5. The van der Waals surface area contributed by atoms with Crippen LogP contribution in [0, 0.1) is 11.8 Å². The number of rotatable bonds is 7. The van der Waals surface area contributed by atoms with Crippen LogP contribution in [-0.4, -0.2) is 84.0 Å². The SMILES string of the molecule is COc1ccc2[nH]c3c(c2c1)CCN1C(=O)C(CC(=O)NCCc2ccccn2)C[C@H](C(=O)N2CCOCC2)[C@@]31C. The number of aromatic nitrogens is 2. The fraction of sp³-hybridized carbons (Fsp3) is 0.484. The number of hydrogen-bond acceptors (Lipinski definition) is 6. The van der Waals surface area contributed by atoms with Crippen molar-refractivity contribution in [1.29, 1.82) is 0 Å². The molecule has 2 aromatic heterocycles. The summed E-state index contributed by atoms with van der Waals surface area (Å²) >= 11 is 0. The topological polar surface area (TPSA) is 117 Å². The highest BCUT2D eigenvalue weighted by atomic mass is 16.5. The highest BCUT2D eigenvalue weighted by molar-refractivity contribution is 5.93. The van der Waals surface area contributed by atoms with E-state index in [1.54, 1.807) is 13.3 Å². The van der Waals surface area contributed by atoms with E-state index in [2.05, 4.69) is 15.3 Å². The first kappa shape index (κ1) is 27.3. The minimum absolute atomic E-state index is 0.0120. The monoisotopic (exact) mass is 559 g/mol. The number of methoxy groups -OCH3 is 1. The second-order valence-electron chi connectivity index (χ2n) is 11.3. The van der Waals surface area contributed by atoms with Crippen LogP contribution in [0.4, 0.5) is 0 Å². The number of piperidine rings is 1. The summed E-state index contributed by atoms with van der Waals surface area (Å²) in [6, 6.07) is 11.6. The molecule has 3 aliphatic heterocycles. The van der Waals surface area contributed by atoms with Crippen LogP contribution in [0.3, 0.4) is 0 Å². The molecule has 0 spiro atoms. The van der Waals surface area contributed by atoms with Gasteiger partial charge in [-0.05, 0) is 55.7 Å². The maximum Gasteiger partial charge on any atom is 0.228 e. The molecule has 2 N–H and O–H groups in total. The Bertz CT molecular complexity index is 1450. The van der Waals surface area contributed by atoms with Crippen molar-refractivity contribution in [3.8, 4) is 5.75 Å². The maximum absolute atomic E-state index is 14.2. The molecule has 0 saturated carbocycles. The number of benzene rings is 1. The summed E-state index contributed by atoms with van der Waals surface area (Å²) in [5.74, 6) is -0.548. The van der Waals surface area contributed by atoms with Gasteiger partial charge < -0.3 is 29.6 Å². The molecule has 0 radical (unpaired) electrons. The number of carbonyl (C=O) groups is 3. The van der Waals surface area contributed by atoms with Crippen molar-refractivity contribution >= 4 is 28.6 Å². The van der Waals surface area contributed by atoms with Gasteiger partial charge in [0.25, 0.3) is 0 Å². The first-order valence-corrected chi connectivity index (χ1v) is 14.4. The smallest absolute Gasteiger partial charge is 0.228 e. The highest BCUT2D eigenvalue weighted by Gasteiger charge is 2.57. The molecule has 10 nitrogen and oxygen atoms in total. The third kappa shape index (κ3) is 4.94. The number of carbonyl (C=O) groups excluding carboxylic acids is 3. The van der Waals surface area contributed by atoms with Crippen LogP contribution in [0.1, 0.15) is 36.7 Å². The summed E-state index contributed by atoms with van der Waals surface area (Å²) in [7, 11) is 1.65. The summed E-state index contributed by atoms with van der Waals surface area (Å²) < 4.78 is 11.0. The second kappa shape index (κ2) is 11.2. The van der Waals surface area contributed by atoms with Crippen LogP contribution < -0.4 is 10.1 Å². The average molecular weight is 560 g/mol. The largest absolute Gasteiger partial charge is 0.497 e. The zero-order valence-corrected chi connectivity index (χ0v) is 23.7. The predicted molar refractivity (Wildman–Crippen MR) is 152 cm³/mol. The Morgan fingerprint density at radius 3 is 2.78 bits per heavy atom. The number of nitrogens with one attached hydrogen (secondary N) is 2. The zero-order valence-electron chi connectivity index (χ0n) is 23.7. The minimum Gasteiger partial charge on any atom is -0.497 e. The van der Waals surface area contributed by atoms with Crippen molar-refractivity contribution < 1.29 is 23.9 Å². The lowest BCUT2D eigenvalue weighted by molar-refractivity contribution is -0.166. The normalized spacial score (nSPS) is 24.1. The van der Waals surface area contributed by atoms with E-state index in [-0.39, 0.29) is 24.1 Å². The average Bonchev–Trinajstić information content (AvgIpc) is 3.38. The van der Waals surface area contributed by atoms with Gasteiger partial charge in [-0.15, -0.1) is 0 Å². The molecule has 3 aromatic rings. The number of ether oxygens (including phenoxy) is 2. The van der Waals surface area contributed by atoms with Crippen molar-refractivity contribution in [3.05, 3.63) is 59.5 Å². The lowest BCUT2D eigenvalue weighted by Crippen LogP contribution is -2.65. The molecule has 216 valence electrons. The lowest BCUT2D eigenvalue weighted by atomic mass is 9.67. The van der Waals surface area contributed by atoms with Gasteiger partial charge in [0.2, 0.25) is 17.7 Å². The third-order valence-corrected chi connectivity index (χ3v) is 9.06. The molecule has 3 aliphatic rings. The molecular weight excluding hydrogens is 522 g/mol. The highest BCUT2D eigenvalue weighted by Crippen LogP contribution is 2.50. The Kier molecular flexibility index (Phi) is 7.42. The van der Waals surface area contributed by atoms with Gasteiger partial charge in [-0.1, -0.05) is 6.07 Å². The molecule has 2 fully saturated rings. The van der Waals surface area contributed by atoms with Gasteiger partial charge >= 0.3 is 0 Å². The van der Waals surface area contributed by atoms with Crippen molar-refractivity contribution in [3.63, 3.8) is 0 Å². The number of pyridine rings is 1. The van der Waals surface area contributed by atoms with Crippen LogP contribution in [0.5, 0.6) is 5.75 Å². The van der Waals surface area contributed by atoms with Crippen molar-refractivity contribution in [1.82, 2.24) is 25.1 Å². The van der Waals surface area contributed by atoms with Crippen molar-refractivity contribution in [2.24, 2.45) is 11.8 Å². The van der Waals surface area contributed by atoms with E-state index >= 15 is 0 Å². The van der Waals surface area contributed by atoms with Gasteiger partial charge in [-0.25, -0.2) is 0 Å². The van der Waals surface area contributed by atoms with E-state index in [0.29, 0.717) is 58.7 Å². The quantitative estimate of drug-likeness (QED) is 0.459. The Balaban J connectivity index is 1.29. The number of nitrogens with zero attached hydrogens (tertiary/aromatic N) is 3. The van der Waals surface area contributed by atoms with Gasteiger partial charge in [0, 0.05) is 73.4 Å². The van der Waals surface area contributed by atoms with Gasteiger partial charge in [0.05, 0.1) is 31.8 Å². The number of fused-ring (bicyclic) bond motifs is 5. The number of hydrogen-bond donors (Lipinski definition) is 2. The summed E-state index contributed by atoms with van der Waals surface area (Å²) in [5, 5.41) is 4.01. The fourth-order valence-electron chi connectivity index (χ4n) is 6.86. The van der Waals surface area contributed by atoms with Gasteiger partial charge in [0.15, 0.2) is 0 Å². The van der Waals surface area contributed by atoms with E-state index in [1.165, 1.54) is 0 Å². The molecule has 0 bridgehead atoms. The van der Waals surface area contributed by atoms with Crippen LogP contribution >= 0.6 is 0 Å². The number of amides is 3. The van der Waals surface area contributed by atoms with Crippen LogP contribution in [0.15, 0.2) is 42.6 Å². The van der Waals surface area contributed by atoms with E-state index in [9.17, 15) is 14.4 Å². The molecule has 41 heavy (non-hydrogen) atoms. The van der Waals surface area contributed by atoms with E-state index < -0.39 is 17.4 Å². The number of H-pyrrole nitrogens is 1.